The number of nitrogens with one attached hydrogen (secondary N) is 2. The molecule has 0 atom stereocenters. The largest absolute Gasteiger partial charge is 0.328 e. The maximum absolute atomic E-state index is 11.3. The molecule has 4 nitrogen and oxygen atoms in total. The summed E-state index contributed by atoms with van der Waals surface area (Å²) in [6, 6.07) is 1.38. The third kappa shape index (κ3) is 1.07. The number of aromatic nitrogens is 1. The number of pyridine rings is 1. The first kappa shape index (κ1) is 7.79. The molecule has 0 spiro atoms. The van der Waals surface area contributed by atoms with Crippen LogP contribution in [0.15, 0.2) is 23.1 Å². The van der Waals surface area contributed by atoms with E-state index in [9.17, 15) is 9.59 Å². The molecule has 13 heavy (non-hydrogen) atoms. The molecular weight excluding hydrogens is 168 g/mol. The van der Waals surface area contributed by atoms with Crippen LogP contribution in [0.1, 0.15) is 12.5 Å². The first-order chi connectivity index (χ1) is 6.22. The lowest BCUT2D eigenvalue weighted by atomic mass is 10.1. The Morgan fingerprint density at radius 2 is 2.15 bits per heavy atom. The van der Waals surface area contributed by atoms with Gasteiger partial charge in [0.05, 0.1) is 5.69 Å². The van der Waals surface area contributed by atoms with E-state index in [1.165, 1.54) is 6.07 Å². The molecule has 2 N–H and O–H groups in total. The molecule has 0 radical (unpaired) electrons. The zero-order valence-electron chi connectivity index (χ0n) is 7.05. The third-order valence-electron chi connectivity index (χ3n) is 2.00. The number of carbonyl (C=O) groups is 1. The maximum Gasteiger partial charge on any atom is 0.256 e. The topological polar surface area (TPSA) is 62.0 Å². The van der Waals surface area contributed by atoms with Crippen molar-refractivity contribution in [3.05, 3.63) is 34.3 Å². The summed E-state index contributed by atoms with van der Waals surface area (Å²) < 4.78 is 0. The highest BCUT2D eigenvalue weighted by molar-refractivity contribution is 6.31. The van der Waals surface area contributed by atoms with Crippen LogP contribution in [-0.4, -0.2) is 10.9 Å². The number of allylic oxidation sites excluding steroid dienone is 1. The average Bonchev–Trinajstić information content (AvgIpc) is 2.39. The van der Waals surface area contributed by atoms with Crippen LogP contribution in [0.2, 0.25) is 0 Å². The predicted octanol–water partition coefficient (Wildman–Crippen LogP) is 0.730. The fraction of sp³-hybridized carbons (Fsp3) is 0.111. The van der Waals surface area contributed by atoms with Gasteiger partial charge in [-0.2, -0.15) is 0 Å². The van der Waals surface area contributed by atoms with E-state index in [1.807, 2.05) is 0 Å². The normalized spacial score (nSPS) is 17.3. The van der Waals surface area contributed by atoms with E-state index in [2.05, 4.69) is 10.3 Å². The van der Waals surface area contributed by atoms with E-state index in [0.717, 1.165) is 5.56 Å². The molecule has 4 heteroatoms. The Bertz CT molecular complexity index is 457. The second-order valence-electron chi connectivity index (χ2n) is 2.78. The minimum atomic E-state index is -0.212. The van der Waals surface area contributed by atoms with Crippen molar-refractivity contribution in [2.45, 2.75) is 6.92 Å². The van der Waals surface area contributed by atoms with Crippen LogP contribution in [0.4, 0.5) is 5.69 Å². The molecular formula is C9H8N2O2. The van der Waals surface area contributed by atoms with Crippen molar-refractivity contribution < 1.29 is 4.79 Å². The summed E-state index contributed by atoms with van der Waals surface area (Å²) in [5.74, 6) is -0.156. The summed E-state index contributed by atoms with van der Waals surface area (Å²) in [6.07, 6.45) is 3.27. The van der Waals surface area contributed by atoms with Crippen molar-refractivity contribution in [3.63, 3.8) is 0 Å². The van der Waals surface area contributed by atoms with E-state index >= 15 is 0 Å². The van der Waals surface area contributed by atoms with Crippen LogP contribution < -0.4 is 10.9 Å². The molecule has 0 aliphatic carbocycles. The molecule has 0 bridgehead atoms. The van der Waals surface area contributed by atoms with Gasteiger partial charge in [-0.25, -0.2) is 0 Å². The number of hydrogen-bond donors (Lipinski definition) is 2. The van der Waals surface area contributed by atoms with Gasteiger partial charge in [0.1, 0.15) is 0 Å². The Morgan fingerprint density at radius 3 is 2.85 bits per heavy atom. The fourth-order valence-electron chi connectivity index (χ4n) is 1.40. The molecule has 66 valence electrons. The Balaban J connectivity index is 2.68. The highest BCUT2D eigenvalue weighted by Gasteiger charge is 2.23. The van der Waals surface area contributed by atoms with Crippen LogP contribution >= 0.6 is 0 Å². The second kappa shape index (κ2) is 2.58. The van der Waals surface area contributed by atoms with Crippen molar-refractivity contribution in [1.29, 1.82) is 0 Å². The maximum atomic E-state index is 11.3. The van der Waals surface area contributed by atoms with Crippen molar-refractivity contribution in [1.82, 2.24) is 4.98 Å². The number of aromatic amines is 1. The van der Waals surface area contributed by atoms with E-state index in [-0.39, 0.29) is 11.5 Å². The molecule has 1 aromatic heterocycles. The molecule has 2 heterocycles. The Hall–Kier alpha value is -1.84. The third-order valence-corrected chi connectivity index (χ3v) is 2.00. The van der Waals surface area contributed by atoms with E-state index in [1.54, 1.807) is 19.2 Å². The van der Waals surface area contributed by atoms with Gasteiger partial charge in [0, 0.05) is 23.4 Å². The van der Waals surface area contributed by atoms with Gasteiger partial charge in [-0.05, 0) is 6.92 Å². The van der Waals surface area contributed by atoms with Crippen molar-refractivity contribution in [2.24, 2.45) is 0 Å². The zero-order valence-corrected chi connectivity index (χ0v) is 7.05. The second-order valence-corrected chi connectivity index (χ2v) is 2.78. The number of H-pyrrole nitrogens is 1. The van der Waals surface area contributed by atoms with E-state index in [4.69, 9.17) is 0 Å². The quantitative estimate of drug-likeness (QED) is 0.572. The van der Waals surface area contributed by atoms with Gasteiger partial charge in [-0.15, -0.1) is 0 Å². The standard InChI is InChI=1S/C9H8N2O2/c1-2-5-6-4-10-8(12)3-7(6)11-9(5)13/h2-4H,1H3,(H,10,12)(H,11,13)/b5-2+. The fourth-order valence-corrected chi connectivity index (χ4v) is 1.40. The molecule has 2 rings (SSSR count). The summed E-state index contributed by atoms with van der Waals surface area (Å²) >= 11 is 0. The lowest BCUT2D eigenvalue weighted by molar-refractivity contribution is -0.110. The van der Waals surface area contributed by atoms with Gasteiger partial charge in [-0.1, -0.05) is 6.08 Å². The predicted molar refractivity (Wildman–Crippen MR) is 49.3 cm³/mol. The van der Waals surface area contributed by atoms with Gasteiger partial charge in [-0.3, -0.25) is 9.59 Å². The lowest BCUT2D eigenvalue weighted by Gasteiger charge is -1.94. The number of anilines is 1. The number of amides is 1. The van der Waals surface area contributed by atoms with Crippen molar-refractivity contribution in [3.8, 4) is 0 Å². The number of carbonyl (C=O) groups excluding carboxylic acids is 1. The number of fused-ring (bicyclic) bond motifs is 1. The smallest absolute Gasteiger partial charge is 0.256 e. The molecule has 0 aromatic carbocycles. The summed E-state index contributed by atoms with van der Waals surface area (Å²) in [6.45, 7) is 1.79. The van der Waals surface area contributed by atoms with Crippen molar-refractivity contribution >= 4 is 17.2 Å². The van der Waals surface area contributed by atoms with Crippen molar-refractivity contribution in [2.75, 3.05) is 5.32 Å². The zero-order chi connectivity index (χ0) is 9.42. The molecule has 0 saturated heterocycles. The number of rotatable bonds is 0. The van der Waals surface area contributed by atoms with Crippen LogP contribution in [0.5, 0.6) is 0 Å². The summed E-state index contributed by atoms with van der Waals surface area (Å²) in [5, 5.41) is 2.61. The van der Waals surface area contributed by atoms with Crippen LogP contribution in [0.25, 0.3) is 5.57 Å². The Morgan fingerprint density at radius 1 is 1.38 bits per heavy atom. The molecule has 1 aliphatic rings. The molecule has 1 aromatic rings. The molecule has 0 unspecified atom stereocenters. The minimum Gasteiger partial charge on any atom is -0.328 e. The average molecular weight is 176 g/mol. The molecule has 0 saturated carbocycles. The van der Waals surface area contributed by atoms with Gasteiger partial charge in [0.25, 0.3) is 5.91 Å². The minimum absolute atomic E-state index is 0.156. The summed E-state index contributed by atoms with van der Waals surface area (Å²) in [4.78, 5) is 24.7. The molecule has 1 aliphatic heterocycles. The van der Waals surface area contributed by atoms with E-state index < -0.39 is 0 Å². The van der Waals surface area contributed by atoms with Gasteiger partial charge < -0.3 is 10.3 Å². The highest BCUT2D eigenvalue weighted by atomic mass is 16.2. The van der Waals surface area contributed by atoms with Crippen LogP contribution in [-0.2, 0) is 4.79 Å². The molecule has 0 fully saturated rings. The van der Waals surface area contributed by atoms with Crippen LogP contribution in [0, 0.1) is 0 Å². The van der Waals surface area contributed by atoms with E-state index in [0.29, 0.717) is 11.3 Å². The SMILES string of the molecule is C/C=C1/C(=O)Nc2cc(=O)[nH]cc21. The number of hydrogen-bond acceptors (Lipinski definition) is 2. The van der Waals surface area contributed by atoms with Crippen LogP contribution in [0.3, 0.4) is 0 Å². The highest BCUT2D eigenvalue weighted by Crippen LogP contribution is 2.28. The van der Waals surface area contributed by atoms with Gasteiger partial charge >= 0.3 is 0 Å². The van der Waals surface area contributed by atoms with Gasteiger partial charge in [0.2, 0.25) is 5.56 Å². The first-order valence-electron chi connectivity index (χ1n) is 3.93. The Kier molecular flexibility index (Phi) is 1.55. The first-order valence-corrected chi connectivity index (χ1v) is 3.93. The lowest BCUT2D eigenvalue weighted by Crippen LogP contribution is -2.05. The monoisotopic (exact) mass is 176 g/mol. The van der Waals surface area contributed by atoms with Gasteiger partial charge in [0.15, 0.2) is 0 Å². The Labute approximate surface area is 74.3 Å². The summed E-state index contributed by atoms with van der Waals surface area (Å²) in [7, 11) is 0. The summed E-state index contributed by atoms with van der Waals surface area (Å²) in [5.41, 5.74) is 1.73. The molecule has 1 amide bonds.